The Morgan fingerprint density at radius 1 is 0.653 bits per heavy atom. The first-order valence-corrected chi connectivity index (χ1v) is 16.1. The summed E-state index contributed by atoms with van der Waals surface area (Å²) in [5, 5.41) is 14.4. The molecule has 4 rings (SSSR count). The average molecular weight is 672 g/mol. The predicted molar refractivity (Wildman–Crippen MR) is 182 cm³/mol. The van der Waals surface area contributed by atoms with Gasteiger partial charge in [-0.15, -0.1) is 0 Å². The normalized spacial score (nSPS) is 11.6. The summed E-state index contributed by atoms with van der Waals surface area (Å²) < 4.78 is 21.8. The van der Waals surface area contributed by atoms with Crippen LogP contribution in [0, 0.1) is 11.8 Å². The van der Waals surface area contributed by atoms with Crippen molar-refractivity contribution >= 4 is 35.1 Å². The topological polar surface area (TPSA) is 153 Å². The molecule has 0 unspecified atom stereocenters. The highest BCUT2D eigenvalue weighted by atomic mass is 16.6. The molecule has 12 nitrogen and oxygen atoms in total. The van der Waals surface area contributed by atoms with Crippen molar-refractivity contribution in [3.05, 3.63) is 95.1 Å². The van der Waals surface area contributed by atoms with Gasteiger partial charge in [0, 0.05) is 36.2 Å². The maximum atomic E-state index is 13.3. The number of carbonyl (C=O) groups excluding carboxylic acids is 3. The van der Waals surface area contributed by atoms with Crippen LogP contribution in [-0.4, -0.2) is 88.2 Å². The molecule has 3 amide bonds. The second-order valence-electron chi connectivity index (χ2n) is 10.9. The zero-order chi connectivity index (χ0) is 34.7. The molecular weight excluding hydrogens is 630 g/mol. The third-order valence-corrected chi connectivity index (χ3v) is 7.31. The third kappa shape index (κ3) is 12.8. The molecule has 0 spiro atoms. The minimum atomic E-state index is -1.03. The van der Waals surface area contributed by atoms with Crippen LogP contribution in [-0.2, 0) is 39.9 Å². The second-order valence-corrected chi connectivity index (χ2v) is 10.9. The van der Waals surface area contributed by atoms with E-state index in [-0.39, 0.29) is 49.2 Å². The molecule has 3 aromatic carbocycles. The minimum absolute atomic E-state index is 0.0702. The molecule has 3 N–H and O–H groups in total. The van der Waals surface area contributed by atoms with Crippen LogP contribution >= 0.6 is 0 Å². The van der Waals surface area contributed by atoms with Gasteiger partial charge < -0.3 is 39.6 Å². The van der Waals surface area contributed by atoms with Crippen LogP contribution < -0.4 is 15.5 Å². The van der Waals surface area contributed by atoms with Crippen molar-refractivity contribution in [2.75, 3.05) is 69.6 Å². The largest absolute Gasteiger partial charge is 0.478 e. The summed E-state index contributed by atoms with van der Waals surface area (Å²) in [6.07, 6.45) is 0.304. The van der Waals surface area contributed by atoms with Gasteiger partial charge in [-0.25, -0.2) is 4.79 Å². The Hall–Kier alpha value is -5.06. The van der Waals surface area contributed by atoms with Crippen molar-refractivity contribution in [1.82, 2.24) is 5.32 Å². The van der Waals surface area contributed by atoms with Gasteiger partial charge in [0.15, 0.2) is 0 Å². The summed E-state index contributed by atoms with van der Waals surface area (Å²) in [7, 11) is 0. The summed E-state index contributed by atoms with van der Waals surface area (Å²) in [5.74, 6) is 4.75. The number of carboxylic acid groups (broad SMARTS) is 1. The molecule has 1 aliphatic heterocycles. The van der Waals surface area contributed by atoms with E-state index in [1.54, 1.807) is 4.90 Å². The molecule has 0 radical (unpaired) electrons. The molecule has 0 fully saturated rings. The molecule has 3 aromatic rings. The predicted octanol–water partition coefficient (Wildman–Crippen LogP) is 3.62. The number of hydrogen-bond donors (Lipinski definition) is 3. The number of carboxylic acids is 1. The SMILES string of the molecule is O=C(CCC(=O)N1Cc2ccccc2C#Cc2ccccc21)NCCOCCOCCOCCOCCC(=O)Nc1ccc(C(=O)O)cc1. The highest BCUT2D eigenvalue weighted by molar-refractivity contribution is 5.97. The first-order valence-electron chi connectivity index (χ1n) is 16.1. The van der Waals surface area contributed by atoms with Gasteiger partial charge in [-0.05, 0) is 48.0 Å². The van der Waals surface area contributed by atoms with Crippen LogP contribution in [0.1, 0.15) is 46.3 Å². The smallest absolute Gasteiger partial charge is 0.335 e. The van der Waals surface area contributed by atoms with Crippen LogP contribution in [0.15, 0.2) is 72.8 Å². The van der Waals surface area contributed by atoms with Gasteiger partial charge >= 0.3 is 5.97 Å². The first-order chi connectivity index (χ1) is 23.9. The molecule has 1 aliphatic rings. The first kappa shape index (κ1) is 36.8. The number of nitrogens with zero attached hydrogens (tertiary/aromatic N) is 1. The molecule has 0 aliphatic carbocycles. The summed E-state index contributed by atoms with van der Waals surface area (Å²) in [6.45, 7) is 3.46. The lowest BCUT2D eigenvalue weighted by Gasteiger charge is -2.26. The average Bonchev–Trinajstić information content (AvgIpc) is 3.10. The van der Waals surface area contributed by atoms with E-state index in [1.165, 1.54) is 24.3 Å². The zero-order valence-electron chi connectivity index (χ0n) is 27.3. The maximum Gasteiger partial charge on any atom is 0.335 e. The lowest BCUT2D eigenvalue weighted by atomic mass is 10.0. The number of rotatable bonds is 20. The van der Waals surface area contributed by atoms with E-state index in [9.17, 15) is 19.2 Å². The van der Waals surface area contributed by atoms with Gasteiger partial charge in [-0.1, -0.05) is 42.2 Å². The van der Waals surface area contributed by atoms with Crippen LogP contribution in [0.5, 0.6) is 0 Å². The summed E-state index contributed by atoms with van der Waals surface area (Å²) in [5.41, 5.74) is 4.03. The van der Waals surface area contributed by atoms with Crippen molar-refractivity contribution < 1.29 is 43.2 Å². The van der Waals surface area contributed by atoms with Crippen LogP contribution in [0.3, 0.4) is 0 Å². The number of fused-ring (bicyclic) bond motifs is 2. The molecule has 258 valence electrons. The Balaban J connectivity index is 0.964. The van der Waals surface area contributed by atoms with Crippen molar-refractivity contribution in [2.45, 2.75) is 25.8 Å². The Labute approximate surface area is 285 Å². The summed E-state index contributed by atoms with van der Waals surface area (Å²) in [6, 6.07) is 21.2. The molecule has 0 saturated carbocycles. The van der Waals surface area contributed by atoms with E-state index in [0.717, 1.165) is 22.4 Å². The number of anilines is 2. The van der Waals surface area contributed by atoms with Crippen molar-refractivity contribution in [2.24, 2.45) is 0 Å². The highest BCUT2D eigenvalue weighted by Gasteiger charge is 2.21. The molecule has 0 saturated heterocycles. The van der Waals surface area contributed by atoms with Gasteiger partial charge in [-0.3, -0.25) is 14.4 Å². The summed E-state index contributed by atoms with van der Waals surface area (Å²) >= 11 is 0. The van der Waals surface area contributed by atoms with E-state index in [1.807, 2.05) is 48.5 Å². The number of carbonyl (C=O) groups is 4. The van der Waals surface area contributed by atoms with Gasteiger partial charge in [-0.2, -0.15) is 0 Å². The lowest BCUT2D eigenvalue weighted by molar-refractivity contribution is -0.125. The van der Waals surface area contributed by atoms with Crippen LogP contribution in [0.2, 0.25) is 0 Å². The van der Waals surface area contributed by atoms with Crippen LogP contribution in [0.4, 0.5) is 11.4 Å². The highest BCUT2D eigenvalue weighted by Crippen LogP contribution is 2.26. The molecule has 49 heavy (non-hydrogen) atoms. The van der Waals surface area contributed by atoms with E-state index in [2.05, 4.69) is 22.5 Å². The fourth-order valence-corrected chi connectivity index (χ4v) is 4.76. The molecule has 0 atom stereocenters. The Morgan fingerprint density at radius 2 is 1.24 bits per heavy atom. The molecule has 0 aromatic heterocycles. The van der Waals surface area contributed by atoms with Crippen molar-refractivity contribution in [3.63, 3.8) is 0 Å². The second kappa shape index (κ2) is 20.3. The zero-order valence-corrected chi connectivity index (χ0v) is 27.3. The molecule has 0 bridgehead atoms. The number of para-hydroxylation sites is 1. The Morgan fingerprint density at radius 3 is 1.94 bits per heavy atom. The summed E-state index contributed by atoms with van der Waals surface area (Å²) in [4.78, 5) is 50.2. The number of amides is 3. The third-order valence-electron chi connectivity index (χ3n) is 7.31. The Bertz CT molecular complexity index is 1620. The Kier molecular flexibility index (Phi) is 15.3. The number of aromatic carboxylic acids is 1. The maximum absolute atomic E-state index is 13.3. The van der Waals surface area contributed by atoms with Gasteiger partial charge in [0.25, 0.3) is 0 Å². The van der Waals surface area contributed by atoms with E-state index >= 15 is 0 Å². The number of ether oxygens (including phenoxy) is 4. The van der Waals surface area contributed by atoms with Crippen molar-refractivity contribution in [1.29, 1.82) is 0 Å². The minimum Gasteiger partial charge on any atom is -0.478 e. The number of hydrogen-bond acceptors (Lipinski definition) is 8. The molecular formula is C37H41N3O9. The number of benzene rings is 3. The number of nitrogens with one attached hydrogen (secondary N) is 2. The monoisotopic (exact) mass is 671 g/mol. The van der Waals surface area contributed by atoms with Crippen molar-refractivity contribution in [3.8, 4) is 11.8 Å². The molecule has 12 heteroatoms. The quantitative estimate of drug-likeness (QED) is 0.121. The van der Waals surface area contributed by atoms with E-state index < -0.39 is 5.97 Å². The van der Waals surface area contributed by atoms with Gasteiger partial charge in [0.2, 0.25) is 17.7 Å². The fourth-order valence-electron chi connectivity index (χ4n) is 4.76. The van der Waals surface area contributed by atoms with Gasteiger partial charge in [0.1, 0.15) is 0 Å². The lowest BCUT2D eigenvalue weighted by Crippen LogP contribution is -2.34. The standard InChI is InChI=1S/C37H41N3O9/c41-34(15-16-36(43)40-27-31-7-2-1-5-28(31)9-10-29-6-3-4-8-33(29)40)38-18-20-47-22-24-49-26-25-48-23-21-46-19-17-35(42)39-32-13-11-30(12-14-32)37(44)45/h1-8,11-14H,15-27H2,(H,38,41)(H,39,42)(H,44,45). The molecule has 1 heterocycles. The van der Waals surface area contributed by atoms with E-state index in [0.29, 0.717) is 65.0 Å². The fraction of sp³-hybridized carbons (Fsp3) is 0.351. The van der Waals surface area contributed by atoms with Gasteiger partial charge in [0.05, 0.1) is 77.1 Å². The van der Waals surface area contributed by atoms with Crippen LogP contribution in [0.25, 0.3) is 0 Å². The van der Waals surface area contributed by atoms with E-state index in [4.69, 9.17) is 24.1 Å².